The van der Waals surface area contributed by atoms with Crippen molar-refractivity contribution in [1.82, 2.24) is 5.32 Å². The van der Waals surface area contributed by atoms with Gasteiger partial charge in [0.05, 0.1) is 12.6 Å². The average Bonchev–Trinajstić information content (AvgIpc) is 2.34. The third kappa shape index (κ3) is 4.67. The van der Waals surface area contributed by atoms with Gasteiger partial charge in [-0.05, 0) is 30.2 Å². The molecule has 18 heavy (non-hydrogen) atoms. The van der Waals surface area contributed by atoms with Crippen LogP contribution in [0.25, 0.3) is 0 Å². The molecule has 0 fully saturated rings. The topological polar surface area (TPSA) is 30.5 Å². The molecule has 0 saturated carbocycles. The maximum atomic E-state index is 5.74. The summed E-state index contributed by atoms with van der Waals surface area (Å²) in [6, 6.07) is 8.53. The van der Waals surface area contributed by atoms with Crippen molar-refractivity contribution in [3.05, 3.63) is 29.8 Å². The standard InChI is InChI=1S/C15H25NO2/c1-15(2,3)12-6-8-14(9-7-12)18-11-13(16-4)10-17-5/h6-9,13,16H,10-11H2,1-5H3. The van der Waals surface area contributed by atoms with Gasteiger partial charge in [-0.25, -0.2) is 0 Å². The lowest BCUT2D eigenvalue weighted by Crippen LogP contribution is -2.35. The van der Waals surface area contributed by atoms with Crippen molar-refractivity contribution in [1.29, 1.82) is 0 Å². The number of ether oxygens (including phenoxy) is 2. The van der Waals surface area contributed by atoms with Crippen molar-refractivity contribution in [3.63, 3.8) is 0 Å². The first-order valence-electron chi connectivity index (χ1n) is 6.37. The maximum Gasteiger partial charge on any atom is 0.119 e. The molecular weight excluding hydrogens is 226 g/mol. The zero-order chi connectivity index (χ0) is 13.6. The lowest BCUT2D eigenvalue weighted by molar-refractivity contribution is 0.140. The highest BCUT2D eigenvalue weighted by molar-refractivity contribution is 5.31. The van der Waals surface area contributed by atoms with Gasteiger partial charge in [0.2, 0.25) is 0 Å². The van der Waals surface area contributed by atoms with Crippen LogP contribution in [0.15, 0.2) is 24.3 Å². The third-order valence-corrected chi connectivity index (χ3v) is 2.95. The first-order chi connectivity index (χ1) is 8.47. The zero-order valence-corrected chi connectivity index (χ0v) is 12.1. The molecule has 0 spiro atoms. The molecule has 1 unspecified atom stereocenters. The fraction of sp³-hybridized carbons (Fsp3) is 0.600. The Morgan fingerprint density at radius 2 is 1.72 bits per heavy atom. The molecule has 0 bridgehead atoms. The predicted molar refractivity (Wildman–Crippen MR) is 75.4 cm³/mol. The van der Waals surface area contributed by atoms with E-state index in [2.05, 4.69) is 38.2 Å². The average molecular weight is 251 g/mol. The van der Waals surface area contributed by atoms with Crippen LogP contribution in [0.4, 0.5) is 0 Å². The molecule has 0 heterocycles. The van der Waals surface area contributed by atoms with Crippen LogP contribution in [0.5, 0.6) is 5.75 Å². The van der Waals surface area contributed by atoms with Gasteiger partial charge in [0.1, 0.15) is 12.4 Å². The van der Waals surface area contributed by atoms with E-state index in [1.54, 1.807) is 7.11 Å². The van der Waals surface area contributed by atoms with Crippen LogP contribution in [-0.2, 0) is 10.2 Å². The SMILES string of the molecule is CNC(COC)COc1ccc(C(C)(C)C)cc1. The largest absolute Gasteiger partial charge is 0.492 e. The van der Waals surface area contributed by atoms with E-state index in [9.17, 15) is 0 Å². The molecular formula is C15H25NO2. The molecule has 1 N–H and O–H groups in total. The van der Waals surface area contributed by atoms with E-state index in [-0.39, 0.29) is 11.5 Å². The van der Waals surface area contributed by atoms with Crippen LogP contribution < -0.4 is 10.1 Å². The Hall–Kier alpha value is -1.06. The van der Waals surface area contributed by atoms with Crippen LogP contribution in [0.1, 0.15) is 26.3 Å². The first kappa shape index (κ1) is 15.0. The Bertz CT molecular complexity index is 341. The highest BCUT2D eigenvalue weighted by Crippen LogP contribution is 2.24. The highest BCUT2D eigenvalue weighted by Gasteiger charge is 2.13. The van der Waals surface area contributed by atoms with Gasteiger partial charge < -0.3 is 14.8 Å². The second-order valence-electron chi connectivity index (χ2n) is 5.53. The minimum atomic E-state index is 0.183. The molecule has 1 atom stereocenters. The summed E-state index contributed by atoms with van der Waals surface area (Å²) in [4.78, 5) is 0. The second-order valence-corrected chi connectivity index (χ2v) is 5.53. The van der Waals surface area contributed by atoms with Gasteiger partial charge in [0.25, 0.3) is 0 Å². The third-order valence-electron chi connectivity index (χ3n) is 2.95. The van der Waals surface area contributed by atoms with Crippen LogP contribution in [0.2, 0.25) is 0 Å². The molecule has 3 heteroatoms. The van der Waals surface area contributed by atoms with E-state index in [1.807, 2.05) is 19.2 Å². The predicted octanol–water partition coefficient (Wildman–Crippen LogP) is 2.60. The number of rotatable bonds is 6. The first-order valence-corrected chi connectivity index (χ1v) is 6.37. The van der Waals surface area contributed by atoms with E-state index < -0.39 is 0 Å². The van der Waals surface area contributed by atoms with E-state index in [0.29, 0.717) is 13.2 Å². The molecule has 1 rings (SSSR count). The number of hydrogen-bond acceptors (Lipinski definition) is 3. The number of nitrogens with one attached hydrogen (secondary N) is 1. The molecule has 0 radical (unpaired) electrons. The van der Waals surface area contributed by atoms with E-state index in [4.69, 9.17) is 9.47 Å². The summed E-state index contributed by atoms with van der Waals surface area (Å²) in [6.07, 6.45) is 0. The summed E-state index contributed by atoms with van der Waals surface area (Å²) in [5, 5.41) is 3.16. The molecule has 0 aliphatic heterocycles. The van der Waals surface area contributed by atoms with Crippen molar-refractivity contribution in [3.8, 4) is 5.75 Å². The Kier molecular flexibility index (Phi) is 5.63. The Morgan fingerprint density at radius 3 is 2.17 bits per heavy atom. The van der Waals surface area contributed by atoms with Crippen LogP contribution in [0.3, 0.4) is 0 Å². The van der Waals surface area contributed by atoms with Crippen LogP contribution in [0, 0.1) is 0 Å². The Labute approximate surface area is 110 Å². The molecule has 0 aliphatic carbocycles. The van der Waals surface area contributed by atoms with Gasteiger partial charge in [0, 0.05) is 7.11 Å². The highest BCUT2D eigenvalue weighted by atomic mass is 16.5. The summed E-state index contributed by atoms with van der Waals surface area (Å²) in [7, 11) is 3.61. The lowest BCUT2D eigenvalue weighted by Gasteiger charge is -2.20. The normalized spacial score (nSPS) is 13.4. The van der Waals surface area contributed by atoms with Gasteiger partial charge in [-0.15, -0.1) is 0 Å². The quantitative estimate of drug-likeness (QED) is 0.843. The zero-order valence-electron chi connectivity index (χ0n) is 12.1. The smallest absolute Gasteiger partial charge is 0.119 e. The maximum absolute atomic E-state index is 5.74. The molecule has 102 valence electrons. The number of methoxy groups -OCH3 is 1. The minimum Gasteiger partial charge on any atom is -0.492 e. The summed E-state index contributed by atoms with van der Waals surface area (Å²) in [6.45, 7) is 7.88. The van der Waals surface area contributed by atoms with Crippen molar-refractivity contribution in [2.45, 2.75) is 32.2 Å². The lowest BCUT2D eigenvalue weighted by atomic mass is 9.87. The Morgan fingerprint density at radius 1 is 1.11 bits per heavy atom. The molecule has 0 amide bonds. The summed E-state index contributed by atoms with van der Waals surface area (Å²) in [5.41, 5.74) is 1.50. The summed E-state index contributed by atoms with van der Waals surface area (Å²) < 4.78 is 10.8. The van der Waals surface area contributed by atoms with Gasteiger partial charge in [-0.2, -0.15) is 0 Å². The molecule has 0 saturated heterocycles. The van der Waals surface area contributed by atoms with E-state index in [0.717, 1.165) is 5.75 Å². The van der Waals surface area contributed by atoms with Gasteiger partial charge in [-0.1, -0.05) is 32.9 Å². The molecule has 1 aromatic carbocycles. The fourth-order valence-electron chi connectivity index (χ4n) is 1.66. The van der Waals surface area contributed by atoms with E-state index in [1.165, 1.54) is 5.56 Å². The van der Waals surface area contributed by atoms with Crippen LogP contribution >= 0.6 is 0 Å². The number of likely N-dealkylation sites (N-methyl/N-ethyl adjacent to an activating group) is 1. The van der Waals surface area contributed by atoms with Gasteiger partial charge in [0.15, 0.2) is 0 Å². The van der Waals surface area contributed by atoms with Crippen LogP contribution in [-0.4, -0.2) is 33.4 Å². The van der Waals surface area contributed by atoms with Crippen molar-refractivity contribution < 1.29 is 9.47 Å². The van der Waals surface area contributed by atoms with Gasteiger partial charge >= 0.3 is 0 Å². The van der Waals surface area contributed by atoms with Crippen molar-refractivity contribution in [2.24, 2.45) is 0 Å². The minimum absolute atomic E-state index is 0.183. The summed E-state index contributed by atoms with van der Waals surface area (Å²) >= 11 is 0. The van der Waals surface area contributed by atoms with E-state index >= 15 is 0 Å². The number of benzene rings is 1. The summed E-state index contributed by atoms with van der Waals surface area (Å²) in [5.74, 6) is 0.902. The Balaban J connectivity index is 2.53. The molecule has 0 aliphatic rings. The molecule has 3 nitrogen and oxygen atoms in total. The number of hydrogen-bond donors (Lipinski definition) is 1. The van der Waals surface area contributed by atoms with Crippen molar-refractivity contribution in [2.75, 3.05) is 27.4 Å². The van der Waals surface area contributed by atoms with Crippen molar-refractivity contribution >= 4 is 0 Å². The van der Waals surface area contributed by atoms with Gasteiger partial charge in [-0.3, -0.25) is 0 Å². The molecule has 0 aromatic heterocycles. The second kappa shape index (κ2) is 6.76. The fourth-order valence-corrected chi connectivity index (χ4v) is 1.66. The molecule has 1 aromatic rings. The monoisotopic (exact) mass is 251 g/mol.